The van der Waals surface area contributed by atoms with Gasteiger partial charge in [0.25, 0.3) is 6.47 Å². The largest absolute Gasteiger partial charge is 0.483 e. The van der Waals surface area contributed by atoms with Gasteiger partial charge in [-0.3, -0.25) is 4.79 Å². The van der Waals surface area contributed by atoms with E-state index in [4.69, 9.17) is 14.9 Å². The molecule has 1 saturated carbocycles. The fourth-order valence-corrected chi connectivity index (χ4v) is 3.34. The number of nitrogens with one attached hydrogen (secondary N) is 1. The molecule has 23 heavy (non-hydrogen) atoms. The topological polar surface area (TPSA) is 65.5 Å². The van der Waals surface area contributed by atoms with E-state index >= 15 is 0 Å². The second kappa shape index (κ2) is 7.92. The van der Waals surface area contributed by atoms with Crippen LogP contribution in [0.15, 0.2) is 30.3 Å². The Kier molecular flexibility index (Phi) is 5.93. The van der Waals surface area contributed by atoms with E-state index in [9.17, 15) is 0 Å². The Hall–Kier alpha value is -2.14. The van der Waals surface area contributed by atoms with E-state index in [2.05, 4.69) is 61.6 Å². The van der Waals surface area contributed by atoms with Crippen LogP contribution in [-0.2, 0) is 4.79 Å². The Bertz CT molecular complexity index is 658. The number of anilines is 1. The second-order valence-corrected chi connectivity index (χ2v) is 6.16. The summed E-state index contributed by atoms with van der Waals surface area (Å²) in [7, 11) is 4.34. The molecule has 5 heteroatoms. The van der Waals surface area contributed by atoms with E-state index in [-0.39, 0.29) is 6.47 Å². The predicted molar refractivity (Wildman–Crippen MR) is 93.9 cm³/mol. The average Bonchev–Trinajstić information content (AvgIpc) is 2.96. The van der Waals surface area contributed by atoms with Crippen molar-refractivity contribution in [3.63, 3.8) is 0 Å². The van der Waals surface area contributed by atoms with Gasteiger partial charge in [-0.2, -0.15) is 0 Å². The molecule has 1 aromatic carbocycles. The third-order valence-electron chi connectivity index (χ3n) is 4.40. The molecule has 2 N–H and O–H groups in total. The summed E-state index contributed by atoms with van der Waals surface area (Å²) in [6.45, 7) is 1.91. The molecule has 0 bridgehead atoms. The Balaban J connectivity index is 0.000000595. The molecule has 0 saturated heterocycles. The summed E-state index contributed by atoms with van der Waals surface area (Å²) in [4.78, 5) is 15.5. The van der Waals surface area contributed by atoms with Crippen LogP contribution in [0.2, 0.25) is 0 Å². The molecule has 1 aromatic heterocycles. The van der Waals surface area contributed by atoms with Crippen molar-refractivity contribution in [1.29, 1.82) is 0 Å². The van der Waals surface area contributed by atoms with Crippen molar-refractivity contribution in [3.8, 4) is 0 Å². The average molecular weight is 315 g/mol. The first-order valence-electron chi connectivity index (χ1n) is 7.94. The van der Waals surface area contributed by atoms with Crippen LogP contribution in [0, 0.1) is 6.92 Å². The molecule has 0 amide bonds. The number of hydrogen-bond donors (Lipinski definition) is 2. The summed E-state index contributed by atoms with van der Waals surface area (Å²) in [5.74, 6) is 1.01. The second-order valence-electron chi connectivity index (χ2n) is 6.16. The number of hydrogen-bond acceptors (Lipinski definition) is 4. The monoisotopic (exact) mass is 315 g/mol. The van der Waals surface area contributed by atoms with E-state index in [1.54, 1.807) is 0 Å². The number of carbonyl (C=O) groups is 1. The molecule has 0 radical (unpaired) electrons. The van der Waals surface area contributed by atoms with Crippen LogP contribution < -0.4 is 5.32 Å². The number of para-hydroxylation sites is 1. The van der Waals surface area contributed by atoms with Crippen molar-refractivity contribution in [1.82, 2.24) is 9.88 Å². The van der Waals surface area contributed by atoms with E-state index in [1.165, 1.54) is 30.2 Å². The minimum Gasteiger partial charge on any atom is -0.483 e. The number of aromatic nitrogens is 1. The summed E-state index contributed by atoms with van der Waals surface area (Å²) in [5, 5.41) is 11.8. The third-order valence-corrected chi connectivity index (χ3v) is 4.40. The lowest BCUT2D eigenvalue weighted by Crippen LogP contribution is -2.39. The van der Waals surface area contributed by atoms with Gasteiger partial charge < -0.3 is 15.3 Å². The van der Waals surface area contributed by atoms with Gasteiger partial charge in [0, 0.05) is 17.5 Å². The first kappa shape index (κ1) is 17.2. The predicted octanol–water partition coefficient (Wildman–Crippen LogP) is 3.14. The highest BCUT2D eigenvalue weighted by Crippen LogP contribution is 2.27. The minimum absolute atomic E-state index is 0.250. The number of nitrogens with zero attached hydrogens (tertiary/aromatic N) is 2. The van der Waals surface area contributed by atoms with Gasteiger partial charge in [0.15, 0.2) is 0 Å². The summed E-state index contributed by atoms with van der Waals surface area (Å²) >= 11 is 0. The molecule has 2 atom stereocenters. The number of rotatable bonds is 3. The fraction of sp³-hybridized carbons (Fsp3) is 0.444. The summed E-state index contributed by atoms with van der Waals surface area (Å²) in [5.41, 5.74) is 2.37. The zero-order chi connectivity index (χ0) is 16.8. The van der Waals surface area contributed by atoms with Gasteiger partial charge in [-0.15, -0.1) is 0 Å². The molecular weight excluding hydrogens is 290 g/mol. The zero-order valence-corrected chi connectivity index (χ0v) is 14.0. The van der Waals surface area contributed by atoms with Crippen molar-refractivity contribution < 1.29 is 9.90 Å². The molecule has 1 fully saturated rings. The number of benzene rings is 1. The van der Waals surface area contributed by atoms with Crippen LogP contribution >= 0.6 is 0 Å². The minimum atomic E-state index is -0.250. The van der Waals surface area contributed by atoms with Crippen molar-refractivity contribution in [2.24, 2.45) is 0 Å². The number of aryl methyl sites for hydroxylation is 1. The number of carboxylic acid groups (broad SMARTS) is 1. The smallest absolute Gasteiger partial charge is 0.290 e. The summed E-state index contributed by atoms with van der Waals surface area (Å²) in [6.07, 6.45) is 3.81. The van der Waals surface area contributed by atoms with Crippen LogP contribution in [0.25, 0.3) is 10.9 Å². The molecular formula is C18H25N3O2. The lowest BCUT2D eigenvalue weighted by Gasteiger charge is -2.27. The summed E-state index contributed by atoms with van der Waals surface area (Å²) in [6, 6.07) is 11.7. The molecule has 0 spiro atoms. The standard InChI is InChI=1S/C17H23N3.CH2O2/c1-12-11-17(18-14-8-5-4-7-13(12)14)19-15-9-6-10-16(15)20(2)3;2-1-3/h4-5,7-8,11,15-16H,6,9-10H2,1-3H3,(H,18,19);1H,(H,2,3)/t15-,16-;/m1./s1. The van der Waals surface area contributed by atoms with E-state index < -0.39 is 0 Å². The van der Waals surface area contributed by atoms with Crippen LogP contribution in [0.1, 0.15) is 24.8 Å². The lowest BCUT2D eigenvalue weighted by molar-refractivity contribution is -0.122. The number of fused-ring (bicyclic) bond motifs is 1. The first-order chi connectivity index (χ1) is 11.1. The molecule has 1 aliphatic carbocycles. The maximum atomic E-state index is 8.36. The van der Waals surface area contributed by atoms with Crippen molar-refractivity contribution >= 4 is 23.2 Å². The number of likely N-dealkylation sites (N-methyl/N-ethyl adjacent to an activating group) is 1. The molecule has 5 nitrogen and oxygen atoms in total. The Morgan fingerprint density at radius 2 is 2.00 bits per heavy atom. The van der Waals surface area contributed by atoms with Gasteiger partial charge in [-0.1, -0.05) is 18.2 Å². The Morgan fingerprint density at radius 3 is 2.70 bits per heavy atom. The van der Waals surface area contributed by atoms with Crippen LogP contribution in [0.4, 0.5) is 5.82 Å². The van der Waals surface area contributed by atoms with E-state index in [0.29, 0.717) is 12.1 Å². The molecule has 0 unspecified atom stereocenters. The van der Waals surface area contributed by atoms with Gasteiger partial charge >= 0.3 is 0 Å². The third kappa shape index (κ3) is 4.20. The van der Waals surface area contributed by atoms with E-state index in [1.807, 2.05) is 0 Å². The summed E-state index contributed by atoms with van der Waals surface area (Å²) < 4.78 is 0. The molecule has 124 valence electrons. The molecule has 1 heterocycles. The first-order valence-corrected chi connectivity index (χ1v) is 7.94. The van der Waals surface area contributed by atoms with Crippen LogP contribution in [-0.4, -0.2) is 47.6 Å². The van der Waals surface area contributed by atoms with Crippen molar-refractivity contribution in [2.75, 3.05) is 19.4 Å². The Morgan fingerprint density at radius 1 is 1.30 bits per heavy atom. The fourth-order valence-electron chi connectivity index (χ4n) is 3.34. The maximum Gasteiger partial charge on any atom is 0.290 e. The quantitative estimate of drug-likeness (QED) is 0.852. The van der Waals surface area contributed by atoms with Crippen molar-refractivity contribution in [2.45, 2.75) is 38.3 Å². The molecule has 1 aliphatic rings. The lowest BCUT2D eigenvalue weighted by atomic mass is 10.1. The Labute approximate surface area is 137 Å². The van der Waals surface area contributed by atoms with Gasteiger partial charge in [-0.05, 0) is 58.0 Å². The van der Waals surface area contributed by atoms with E-state index in [0.717, 1.165) is 11.3 Å². The highest BCUT2D eigenvalue weighted by atomic mass is 16.3. The van der Waals surface area contributed by atoms with Crippen LogP contribution in [0.3, 0.4) is 0 Å². The molecule has 0 aliphatic heterocycles. The SMILES string of the molecule is Cc1cc(N[C@@H]2CCC[C@H]2N(C)C)nc2ccccc12.O=CO. The van der Waals surface area contributed by atoms with Gasteiger partial charge in [-0.25, -0.2) is 4.98 Å². The van der Waals surface area contributed by atoms with Gasteiger partial charge in [0.05, 0.1) is 5.52 Å². The normalized spacial score (nSPS) is 20.2. The zero-order valence-electron chi connectivity index (χ0n) is 14.0. The van der Waals surface area contributed by atoms with Crippen molar-refractivity contribution in [3.05, 3.63) is 35.9 Å². The van der Waals surface area contributed by atoms with Gasteiger partial charge in [0.2, 0.25) is 0 Å². The maximum absolute atomic E-state index is 8.36. The van der Waals surface area contributed by atoms with Gasteiger partial charge in [0.1, 0.15) is 5.82 Å². The number of pyridine rings is 1. The van der Waals surface area contributed by atoms with Crippen LogP contribution in [0.5, 0.6) is 0 Å². The highest BCUT2D eigenvalue weighted by molar-refractivity contribution is 5.83. The highest BCUT2D eigenvalue weighted by Gasteiger charge is 2.28. The molecule has 2 aromatic rings. The molecule has 3 rings (SSSR count).